The molecular weight excluding hydrogens is 493 g/mol. The summed E-state index contributed by atoms with van der Waals surface area (Å²) in [6, 6.07) is 12.3. The maximum atomic E-state index is 15.0. The Kier molecular flexibility index (Phi) is 5.69. The van der Waals surface area contributed by atoms with E-state index in [0.29, 0.717) is 26.8 Å². The summed E-state index contributed by atoms with van der Waals surface area (Å²) in [4.78, 5) is 9.17. The molecular formula is C23H21BrFN5OS. The second-order valence-electron chi connectivity index (χ2n) is 7.84. The summed E-state index contributed by atoms with van der Waals surface area (Å²) in [5.74, 6) is -0.125. The van der Waals surface area contributed by atoms with Crippen LogP contribution in [0.2, 0.25) is 0 Å². The minimum absolute atomic E-state index is 0.159. The summed E-state index contributed by atoms with van der Waals surface area (Å²) in [7, 11) is -1.61. The van der Waals surface area contributed by atoms with E-state index >= 15 is 4.39 Å². The fourth-order valence-corrected chi connectivity index (χ4v) is 5.95. The van der Waals surface area contributed by atoms with Gasteiger partial charge in [0, 0.05) is 22.3 Å². The molecule has 0 aliphatic heterocycles. The zero-order valence-corrected chi connectivity index (χ0v) is 19.5. The standard InChI is InChI=1S/C23H21BrFN5OS/c24-17-7-3-4-8-20(17)32(31)29-19-10-9-14(11-18(19)25)16-12-30(15-5-1-2-6-15)23-21(16)22(26)27-13-28-23/h3-4,7-13,15,29H,1-2,5-6H2,(H2,26,27,28). The molecule has 1 saturated carbocycles. The summed E-state index contributed by atoms with van der Waals surface area (Å²) in [6.07, 6.45) is 8.02. The van der Waals surface area contributed by atoms with Crippen molar-refractivity contribution in [3.8, 4) is 11.1 Å². The second kappa shape index (κ2) is 8.63. The van der Waals surface area contributed by atoms with Crippen LogP contribution in [0.1, 0.15) is 31.7 Å². The van der Waals surface area contributed by atoms with Gasteiger partial charge in [0.05, 0.1) is 16.0 Å². The number of nitrogens with one attached hydrogen (secondary N) is 1. The Balaban J connectivity index is 1.52. The minimum atomic E-state index is -1.61. The van der Waals surface area contributed by atoms with E-state index < -0.39 is 16.8 Å². The highest BCUT2D eigenvalue weighted by atomic mass is 79.9. The maximum Gasteiger partial charge on any atom is 0.151 e. The van der Waals surface area contributed by atoms with Crippen LogP contribution in [0.15, 0.2) is 64.4 Å². The Morgan fingerprint density at radius 1 is 1.16 bits per heavy atom. The van der Waals surface area contributed by atoms with Crippen molar-refractivity contribution < 1.29 is 8.60 Å². The highest BCUT2D eigenvalue weighted by molar-refractivity contribution is 9.10. The molecule has 9 heteroatoms. The van der Waals surface area contributed by atoms with Gasteiger partial charge in [-0.2, -0.15) is 0 Å². The van der Waals surface area contributed by atoms with E-state index in [1.807, 2.05) is 12.3 Å². The first-order chi connectivity index (χ1) is 15.5. The van der Waals surface area contributed by atoms with Gasteiger partial charge in [0.2, 0.25) is 0 Å². The molecule has 32 heavy (non-hydrogen) atoms. The molecule has 0 amide bonds. The lowest BCUT2D eigenvalue weighted by atomic mass is 10.1. The number of nitrogen functional groups attached to an aromatic ring is 1. The molecule has 2 heterocycles. The molecule has 2 aromatic carbocycles. The van der Waals surface area contributed by atoms with E-state index in [1.54, 1.807) is 30.3 Å². The Morgan fingerprint density at radius 2 is 1.94 bits per heavy atom. The van der Waals surface area contributed by atoms with Crippen molar-refractivity contribution in [2.45, 2.75) is 36.6 Å². The van der Waals surface area contributed by atoms with Crippen molar-refractivity contribution in [1.82, 2.24) is 14.5 Å². The lowest BCUT2D eigenvalue weighted by molar-refractivity contribution is 0.532. The average Bonchev–Trinajstić information content (AvgIpc) is 3.44. The van der Waals surface area contributed by atoms with Gasteiger partial charge < -0.3 is 10.3 Å². The molecule has 1 unspecified atom stereocenters. The first-order valence-corrected chi connectivity index (χ1v) is 12.3. The van der Waals surface area contributed by atoms with Crippen LogP contribution in [0.3, 0.4) is 0 Å². The second-order valence-corrected chi connectivity index (χ2v) is 9.88. The Bertz CT molecular complexity index is 1340. The van der Waals surface area contributed by atoms with E-state index in [-0.39, 0.29) is 5.69 Å². The third-order valence-corrected chi connectivity index (χ3v) is 7.99. The Hall–Kier alpha value is -2.78. The third-order valence-electron chi connectivity index (χ3n) is 5.88. The normalized spacial score (nSPS) is 15.3. The highest BCUT2D eigenvalue weighted by Crippen LogP contribution is 2.39. The van der Waals surface area contributed by atoms with E-state index in [0.717, 1.165) is 29.4 Å². The number of aromatic nitrogens is 3. The number of rotatable bonds is 5. The van der Waals surface area contributed by atoms with Gasteiger partial charge in [-0.1, -0.05) is 31.0 Å². The summed E-state index contributed by atoms with van der Waals surface area (Å²) in [6.45, 7) is 0. The van der Waals surface area contributed by atoms with Gasteiger partial charge in [-0.25, -0.2) is 18.6 Å². The van der Waals surface area contributed by atoms with Crippen LogP contribution in [0, 0.1) is 5.82 Å². The van der Waals surface area contributed by atoms with Crippen molar-refractivity contribution >= 4 is 49.5 Å². The predicted octanol–water partition coefficient (Wildman–Crippen LogP) is 5.83. The highest BCUT2D eigenvalue weighted by Gasteiger charge is 2.23. The fourth-order valence-electron chi connectivity index (χ4n) is 4.30. The molecule has 1 atom stereocenters. The summed E-state index contributed by atoms with van der Waals surface area (Å²) in [5, 5.41) is 0.733. The van der Waals surface area contributed by atoms with Crippen LogP contribution in [0.4, 0.5) is 15.9 Å². The van der Waals surface area contributed by atoms with Gasteiger partial charge in [-0.3, -0.25) is 4.72 Å². The van der Waals surface area contributed by atoms with Crippen molar-refractivity contribution in [1.29, 1.82) is 0 Å². The van der Waals surface area contributed by atoms with Crippen LogP contribution in [0.5, 0.6) is 0 Å². The SMILES string of the molecule is Nc1ncnc2c1c(-c1ccc(NS(=O)c3ccccc3Br)c(F)c1)cn2C1CCCC1. The number of fused-ring (bicyclic) bond motifs is 1. The van der Waals surface area contributed by atoms with E-state index in [2.05, 4.69) is 35.2 Å². The first-order valence-electron chi connectivity index (χ1n) is 10.4. The van der Waals surface area contributed by atoms with E-state index in [4.69, 9.17) is 5.73 Å². The molecule has 1 aliphatic rings. The zero-order chi connectivity index (χ0) is 22.2. The molecule has 3 N–H and O–H groups in total. The average molecular weight is 514 g/mol. The smallest absolute Gasteiger partial charge is 0.151 e. The van der Waals surface area contributed by atoms with Crippen LogP contribution in [-0.2, 0) is 11.0 Å². The molecule has 5 rings (SSSR count). The van der Waals surface area contributed by atoms with Gasteiger partial charge >= 0.3 is 0 Å². The van der Waals surface area contributed by atoms with Gasteiger partial charge in [-0.15, -0.1) is 0 Å². The summed E-state index contributed by atoms with van der Waals surface area (Å²) in [5.41, 5.74) is 8.60. The first kappa shape index (κ1) is 21.1. The molecule has 6 nitrogen and oxygen atoms in total. The lowest BCUT2D eigenvalue weighted by Crippen LogP contribution is -2.07. The summed E-state index contributed by atoms with van der Waals surface area (Å²) >= 11 is 3.38. The maximum absolute atomic E-state index is 15.0. The van der Waals surface area contributed by atoms with Gasteiger partial charge in [0.15, 0.2) is 11.0 Å². The number of anilines is 2. The molecule has 0 bridgehead atoms. The predicted molar refractivity (Wildman–Crippen MR) is 129 cm³/mol. The van der Waals surface area contributed by atoms with Crippen molar-refractivity contribution in [3.63, 3.8) is 0 Å². The summed E-state index contributed by atoms with van der Waals surface area (Å²) < 4.78 is 33.3. The lowest BCUT2D eigenvalue weighted by Gasteiger charge is -2.12. The molecule has 164 valence electrons. The molecule has 1 aliphatic carbocycles. The number of benzene rings is 2. The van der Waals surface area contributed by atoms with Crippen LogP contribution in [0.25, 0.3) is 22.2 Å². The van der Waals surface area contributed by atoms with Gasteiger partial charge in [-0.05, 0) is 58.6 Å². The minimum Gasteiger partial charge on any atom is -0.383 e. The number of nitrogens with two attached hydrogens (primary N) is 1. The third kappa shape index (κ3) is 3.80. The quantitative estimate of drug-likeness (QED) is 0.351. The van der Waals surface area contributed by atoms with E-state index in [1.165, 1.54) is 25.2 Å². The molecule has 0 radical (unpaired) electrons. The van der Waals surface area contributed by atoms with Gasteiger partial charge in [0.25, 0.3) is 0 Å². The largest absolute Gasteiger partial charge is 0.383 e. The van der Waals surface area contributed by atoms with Crippen LogP contribution >= 0.6 is 15.9 Å². The fraction of sp³-hybridized carbons (Fsp3) is 0.217. The number of halogens is 2. The number of nitrogens with zero attached hydrogens (tertiary/aromatic N) is 3. The molecule has 1 fully saturated rings. The Labute approximate surface area is 195 Å². The molecule has 2 aromatic heterocycles. The molecule has 0 spiro atoms. The molecule has 0 saturated heterocycles. The van der Waals surface area contributed by atoms with Gasteiger partial charge in [0.1, 0.15) is 23.6 Å². The zero-order valence-electron chi connectivity index (χ0n) is 17.1. The van der Waals surface area contributed by atoms with Crippen molar-refractivity contribution in [2.75, 3.05) is 10.5 Å². The van der Waals surface area contributed by atoms with Crippen LogP contribution < -0.4 is 10.5 Å². The van der Waals surface area contributed by atoms with Crippen molar-refractivity contribution in [2.24, 2.45) is 0 Å². The number of hydrogen-bond acceptors (Lipinski definition) is 4. The van der Waals surface area contributed by atoms with Crippen LogP contribution in [-0.4, -0.2) is 18.7 Å². The Morgan fingerprint density at radius 3 is 2.69 bits per heavy atom. The molecule has 4 aromatic rings. The monoisotopic (exact) mass is 513 g/mol. The number of hydrogen-bond donors (Lipinski definition) is 2. The van der Waals surface area contributed by atoms with Crippen molar-refractivity contribution in [3.05, 3.63) is 65.3 Å². The van der Waals surface area contributed by atoms with E-state index in [9.17, 15) is 4.21 Å². The topological polar surface area (TPSA) is 85.8 Å².